The summed E-state index contributed by atoms with van der Waals surface area (Å²) in [6.45, 7) is 5.04. The second-order valence-electron chi connectivity index (χ2n) is 5.91. The van der Waals surface area contributed by atoms with Gasteiger partial charge in [0.1, 0.15) is 29.0 Å². The Balaban J connectivity index is 1.77. The Hall–Kier alpha value is -3.28. The predicted molar refractivity (Wildman–Crippen MR) is 108 cm³/mol. The predicted octanol–water partition coefficient (Wildman–Crippen LogP) is 4.55. The van der Waals surface area contributed by atoms with Crippen LogP contribution in [0.15, 0.2) is 54.6 Å². The molecule has 0 unspecified atom stereocenters. The minimum absolute atomic E-state index is 0.604. The molecule has 3 rings (SSSR count). The molecule has 0 atom stereocenters. The molecular formula is C21H24N4O2. The van der Waals surface area contributed by atoms with E-state index in [0.29, 0.717) is 24.8 Å². The first-order valence-electron chi connectivity index (χ1n) is 8.90. The molecule has 0 bridgehead atoms. The van der Waals surface area contributed by atoms with Crippen molar-refractivity contribution in [3.05, 3.63) is 66.0 Å². The zero-order chi connectivity index (χ0) is 19.1. The third kappa shape index (κ3) is 4.88. The van der Waals surface area contributed by atoms with Gasteiger partial charge in [-0.25, -0.2) is 9.97 Å². The second kappa shape index (κ2) is 8.89. The summed E-state index contributed by atoms with van der Waals surface area (Å²) in [6, 6.07) is 17.6. The van der Waals surface area contributed by atoms with Gasteiger partial charge in [0.25, 0.3) is 0 Å². The first-order chi connectivity index (χ1) is 13.2. The van der Waals surface area contributed by atoms with Gasteiger partial charge in [-0.15, -0.1) is 0 Å². The molecular weight excluding hydrogens is 340 g/mol. The van der Waals surface area contributed by atoms with Gasteiger partial charge in [0.15, 0.2) is 0 Å². The third-order valence-corrected chi connectivity index (χ3v) is 3.94. The number of methoxy groups -OCH3 is 1. The number of nitrogens with zero attached hydrogens (tertiary/aromatic N) is 2. The van der Waals surface area contributed by atoms with Crippen molar-refractivity contribution in [2.45, 2.75) is 20.4 Å². The van der Waals surface area contributed by atoms with Crippen LogP contribution in [0.5, 0.6) is 11.5 Å². The lowest BCUT2D eigenvalue weighted by atomic mass is 10.2. The van der Waals surface area contributed by atoms with Gasteiger partial charge in [0.05, 0.1) is 19.4 Å². The average molecular weight is 364 g/mol. The average Bonchev–Trinajstić information content (AvgIpc) is 2.68. The number of hydrogen-bond donors (Lipinski definition) is 2. The van der Waals surface area contributed by atoms with Crippen molar-refractivity contribution in [3.63, 3.8) is 0 Å². The minimum atomic E-state index is 0.604. The summed E-state index contributed by atoms with van der Waals surface area (Å²) in [5, 5.41) is 6.66. The van der Waals surface area contributed by atoms with Crippen LogP contribution in [0.4, 0.5) is 17.3 Å². The first-order valence-corrected chi connectivity index (χ1v) is 8.90. The van der Waals surface area contributed by atoms with Crippen molar-refractivity contribution in [1.29, 1.82) is 0 Å². The highest BCUT2D eigenvalue weighted by Gasteiger charge is 2.07. The van der Waals surface area contributed by atoms with E-state index in [9.17, 15) is 0 Å². The summed E-state index contributed by atoms with van der Waals surface area (Å²) in [5.41, 5.74) is 1.93. The lowest BCUT2D eigenvalue weighted by Crippen LogP contribution is -2.06. The van der Waals surface area contributed by atoms with Gasteiger partial charge in [-0.05, 0) is 32.0 Å². The Morgan fingerprint density at radius 2 is 1.63 bits per heavy atom. The summed E-state index contributed by atoms with van der Waals surface area (Å²) in [6.07, 6.45) is 0. The van der Waals surface area contributed by atoms with Crippen LogP contribution in [0.3, 0.4) is 0 Å². The SMILES string of the molecule is CCOc1ccccc1Nc1cc(NCc2ccccc2OC)nc(C)n1. The molecule has 6 nitrogen and oxygen atoms in total. The summed E-state index contributed by atoms with van der Waals surface area (Å²) >= 11 is 0. The molecule has 27 heavy (non-hydrogen) atoms. The van der Waals surface area contributed by atoms with Gasteiger partial charge in [-0.3, -0.25) is 0 Å². The Morgan fingerprint density at radius 3 is 2.41 bits per heavy atom. The van der Waals surface area contributed by atoms with Crippen molar-refractivity contribution >= 4 is 17.3 Å². The fraction of sp³-hybridized carbons (Fsp3) is 0.238. The molecule has 0 radical (unpaired) electrons. The van der Waals surface area contributed by atoms with Crippen LogP contribution in [0.2, 0.25) is 0 Å². The number of aryl methyl sites for hydroxylation is 1. The summed E-state index contributed by atoms with van der Waals surface area (Å²) in [5.74, 6) is 3.76. The topological polar surface area (TPSA) is 68.3 Å². The fourth-order valence-corrected chi connectivity index (χ4v) is 2.75. The molecule has 0 aliphatic rings. The van der Waals surface area contributed by atoms with E-state index in [1.807, 2.05) is 68.4 Å². The summed E-state index contributed by atoms with van der Waals surface area (Å²) < 4.78 is 11.1. The maximum atomic E-state index is 5.67. The molecule has 140 valence electrons. The number of nitrogens with one attached hydrogen (secondary N) is 2. The molecule has 0 saturated carbocycles. The Morgan fingerprint density at radius 1 is 0.926 bits per heavy atom. The number of aromatic nitrogens is 2. The Labute approximate surface area is 159 Å². The molecule has 2 aromatic carbocycles. The van der Waals surface area contributed by atoms with E-state index >= 15 is 0 Å². The van der Waals surface area contributed by atoms with E-state index < -0.39 is 0 Å². The third-order valence-electron chi connectivity index (χ3n) is 3.94. The van der Waals surface area contributed by atoms with Gasteiger partial charge in [-0.2, -0.15) is 0 Å². The molecule has 6 heteroatoms. The largest absolute Gasteiger partial charge is 0.496 e. The summed E-state index contributed by atoms with van der Waals surface area (Å²) in [7, 11) is 1.67. The smallest absolute Gasteiger partial charge is 0.142 e. The van der Waals surface area contributed by atoms with Crippen LogP contribution in [0, 0.1) is 6.92 Å². The van der Waals surface area contributed by atoms with Crippen LogP contribution in [0.1, 0.15) is 18.3 Å². The van der Waals surface area contributed by atoms with E-state index in [1.54, 1.807) is 7.11 Å². The van der Waals surface area contributed by atoms with E-state index in [1.165, 1.54) is 0 Å². The monoisotopic (exact) mass is 364 g/mol. The van der Waals surface area contributed by atoms with E-state index in [4.69, 9.17) is 9.47 Å². The van der Waals surface area contributed by atoms with Crippen molar-refractivity contribution in [3.8, 4) is 11.5 Å². The lowest BCUT2D eigenvalue weighted by Gasteiger charge is -2.14. The maximum absolute atomic E-state index is 5.67. The van der Waals surface area contributed by atoms with Gasteiger partial charge in [-0.1, -0.05) is 30.3 Å². The number of rotatable bonds is 8. The molecule has 1 aromatic heterocycles. The molecule has 0 aliphatic carbocycles. The van der Waals surface area contributed by atoms with Crippen molar-refractivity contribution in [1.82, 2.24) is 9.97 Å². The van der Waals surface area contributed by atoms with Gasteiger partial charge in [0, 0.05) is 18.2 Å². The number of benzene rings is 2. The number of para-hydroxylation sites is 3. The molecule has 0 aliphatic heterocycles. The molecule has 0 fully saturated rings. The summed E-state index contributed by atoms with van der Waals surface area (Å²) in [4.78, 5) is 8.95. The van der Waals surface area contributed by atoms with Gasteiger partial charge in [0.2, 0.25) is 0 Å². The quantitative estimate of drug-likeness (QED) is 0.611. The van der Waals surface area contributed by atoms with E-state index in [0.717, 1.165) is 28.6 Å². The zero-order valence-corrected chi connectivity index (χ0v) is 15.8. The van der Waals surface area contributed by atoms with Crippen molar-refractivity contribution in [2.24, 2.45) is 0 Å². The van der Waals surface area contributed by atoms with Crippen LogP contribution < -0.4 is 20.1 Å². The van der Waals surface area contributed by atoms with E-state index in [-0.39, 0.29) is 0 Å². The van der Waals surface area contributed by atoms with Crippen LogP contribution in [-0.4, -0.2) is 23.7 Å². The molecule has 0 spiro atoms. The molecule has 1 heterocycles. The highest BCUT2D eigenvalue weighted by molar-refractivity contribution is 5.65. The van der Waals surface area contributed by atoms with Crippen molar-refractivity contribution in [2.75, 3.05) is 24.4 Å². The maximum Gasteiger partial charge on any atom is 0.142 e. The first kappa shape index (κ1) is 18.5. The zero-order valence-electron chi connectivity index (χ0n) is 15.8. The van der Waals surface area contributed by atoms with Crippen LogP contribution in [0.25, 0.3) is 0 Å². The molecule has 0 amide bonds. The molecule has 2 N–H and O–H groups in total. The number of ether oxygens (including phenoxy) is 2. The van der Waals surface area contributed by atoms with Crippen LogP contribution >= 0.6 is 0 Å². The number of hydrogen-bond acceptors (Lipinski definition) is 6. The van der Waals surface area contributed by atoms with Gasteiger partial charge >= 0.3 is 0 Å². The number of anilines is 3. The minimum Gasteiger partial charge on any atom is -0.496 e. The second-order valence-corrected chi connectivity index (χ2v) is 5.91. The Bertz CT molecular complexity index is 899. The highest BCUT2D eigenvalue weighted by Crippen LogP contribution is 2.27. The highest BCUT2D eigenvalue weighted by atomic mass is 16.5. The van der Waals surface area contributed by atoms with Crippen LogP contribution in [-0.2, 0) is 6.54 Å². The molecule has 0 saturated heterocycles. The van der Waals surface area contributed by atoms with E-state index in [2.05, 4.69) is 20.6 Å². The van der Waals surface area contributed by atoms with Gasteiger partial charge < -0.3 is 20.1 Å². The Kier molecular flexibility index (Phi) is 6.10. The van der Waals surface area contributed by atoms with Crippen molar-refractivity contribution < 1.29 is 9.47 Å². The normalized spacial score (nSPS) is 10.3. The molecule has 3 aromatic rings. The standard InChI is InChI=1S/C21H24N4O2/c1-4-27-19-12-8-6-10-17(19)25-21-13-20(23-15(2)24-21)22-14-16-9-5-7-11-18(16)26-3/h5-13H,4,14H2,1-3H3,(H2,22,23,24,25). The fourth-order valence-electron chi connectivity index (χ4n) is 2.75. The lowest BCUT2D eigenvalue weighted by molar-refractivity contribution is 0.342.